The average Bonchev–Trinajstić information content (AvgIpc) is 3.11. The normalized spacial score (nSPS) is 23.4. The first kappa shape index (κ1) is 17.8. The van der Waals surface area contributed by atoms with Crippen LogP contribution in [0.1, 0.15) is 23.4 Å². The van der Waals surface area contributed by atoms with E-state index in [9.17, 15) is 13.2 Å². The minimum Gasteiger partial charge on any atom is -0.445 e. The molecule has 1 aromatic rings. The minimum absolute atomic E-state index is 0.216. The van der Waals surface area contributed by atoms with Gasteiger partial charge in [-0.3, -0.25) is 4.79 Å². The first-order valence-corrected chi connectivity index (χ1v) is 10.7. The highest BCUT2D eigenvalue weighted by Gasteiger charge is 2.37. The van der Waals surface area contributed by atoms with Gasteiger partial charge in [-0.05, 0) is 31.2 Å². The maximum Gasteiger partial charge on any atom is 0.289 e. The molecule has 0 saturated carbocycles. The summed E-state index contributed by atoms with van der Waals surface area (Å²) in [6, 6.07) is 3.40. The van der Waals surface area contributed by atoms with Crippen molar-refractivity contribution >= 4 is 27.7 Å². The first-order chi connectivity index (χ1) is 11.5. The van der Waals surface area contributed by atoms with Crippen LogP contribution in [0.5, 0.6) is 0 Å². The van der Waals surface area contributed by atoms with Crippen LogP contribution < -0.4 is 0 Å². The maximum atomic E-state index is 12.8. The quantitative estimate of drug-likeness (QED) is 0.739. The number of rotatable bonds is 4. The second kappa shape index (κ2) is 7.47. The summed E-state index contributed by atoms with van der Waals surface area (Å²) in [5.41, 5.74) is 0. The maximum absolute atomic E-state index is 12.8. The molecule has 0 radical (unpaired) electrons. The fourth-order valence-corrected chi connectivity index (χ4v) is 5.37. The van der Waals surface area contributed by atoms with E-state index in [-0.39, 0.29) is 18.2 Å². The predicted octanol–water partition coefficient (Wildman–Crippen LogP) is 1.27. The number of amides is 1. The van der Waals surface area contributed by atoms with Crippen molar-refractivity contribution in [1.82, 2.24) is 9.21 Å². The van der Waals surface area contributed by atoms with Crippen molar-refractivity contribution in [1.29, 1.82) is 0 Å². The number of sulfonamides is 1. The first-order valence-electron chi connectivity index (χ1n) is 8.02. The topological polar surface area (TPSA) is 80.1 Å². The van der Waals surface area contributed by atoms with E-state index in [0.717, 1.165) is 0 Å². The van der Waals surface area contributed by atoms with E-state index in [1.807, 2.05) is 6.26 Å². The highest BCUT2D eigenvalue weighted by atomic mass is 32.2. The third-order valence-corrected chi connectivity index (χ3v) is 7.34. The summed E-state index contributed by atoms with van der Waals surface area (Å²) in [6.45, 7) is 2.41. The average molecular weight is 374 g/mol. The fourth-order valence-electron chi connectivity index (χ4n) is 3.08. The number of furan rings is 1. The smallest absolute Gasteiger partial charge is 0.289 e. The van der Waals surface area contributed by atoms with Crippen LogP contribution in [0.15, 0.2) is 21.6 Å². The van der Waals surface area contributed by atoms with E-state index in [1.165, 1.54) is 16.1 Å². The number of carbonyl (C=O) groups is 1. The molecule has 2 aliphatic heterocycles. The molecule has 2 aliphatic rings. The molecular formula is C15H22N2O5S2. The van der Waals surface area contributed by atoms with Gasteiger partial charge in [0.05, 0.1) is 18.5 Å². The Hall–Kier alpha value is -1.03. The Morgan fingerprint density at radius 3 is 2.67 bits per heavy atom. The molecule has 24 heavy (non-hydrogen) atoms. The second-order valence-corrected chi connectivity index (χ2v) is 8.92. The van der Waals surface area contributed by atoms with E-state index in [2.05, 4.69) is 0 Å². The third kappa shape index (κ3) is 3.63. The summed E-state index contributed by atoms with van der Waals surface area (Å²) in [5, 5.41) is 0.121. The van der Waals surface area contributed by atoms with Crippen molar-refractivity contribution in [3.63, 3.8) is 0 Å². The van der Waals surface area contributed by atoms with Gasteiger partial charge in [0, 0.05) is 26.2 Å². The zero-order valence-corrected chi connectivity index (χ0v) is 15.3. The Kier molecular flexibility index (Phi) is 5.53. The van der Waals surface area contributed by atoms with Crippen molar-refractivity contribution in [2.45, 2.75) is 23.2 Å². The van der Waals surface area contributed by atoms with Crippen molar-refractivity contribution in [2.75, 3.05) is 45.6 Å². The van der Waals surface area contributed by atoms with Crippen LogP contribution in [0.25, 0.3) is 0 Å². The Bertz CT molecular complexity index is 682. The molecule has 0 unspecified atom stereocenters. The molecule has 0 N–H and O–H groups in total. The summed E-state index contributed by atoms with van der Waals surface area (Å²) in [4.78, 5) is 14.2. The van der Waals surface area contributed by atoms with Gasteiger partial charge < -0.3 is 14.1 Å². The van der Waals surface area contributed by atoms with Gasteiger partial charge in [-0.2, -0.15) is 4.31 Å². The number of nitrogens with zero attached hydrogens (tertiary/aromatic N) is 2. The van der Waals surface area contributed by atoms with E-state index in [0.29, 0.717) is 50.8 Å². The van der Waals surface area contributed by atoms with Crippen LogP contribution >= 0.6 is 11.8 Å². The van der Waals surface area contributed by atoms with E-state index >= 15 is 0 Å². The molecule has 1 amide bonds. The highest BCUT2D eigenvalue weighted by Crippen LogP contribution is 2.24. The van der Waals surface area contributed by atoms with E-state index < -0.39 is 15.3 Å². The van der Waals surface area contributed by atoms with Gasteiger partial charge in [-0.25, -0.2) is 8.42 Å². The van der Waals surface area contributed by atoms with Gasteiger partial charge >= 0.3 is 0 Å². The molecule has 3 rings (SSSR count). The number of morpholine rings is 1. The van der Waals surface area contributed by atoms with Crippen LogP contribution in [-0.4, -0.2) is 74.4 Å². The molecule has 2 fully saturated rings. The van der Waals surface area contributed by atoms with Crippen LogP contribution in [0, 0.1) is 0 Å². The lowest BCUT2D eigenvalue weighted by atomic mass is 10.1. The monoisotopic (exact) mass is 374 g/mol. The van der Waals surface area contributed by atoms with Crippen LogP contribution in [-0.2, 0) is 14.8 Å². The summed E-state index contributed by atoms with van der Waals surface area (Å²) in [7, 11) is -3.41. The SMILES string of the molecule is CSc1ccc(C(=O)N2CCC[C@@H](S(=O)(=O)N3CCOCC3)C2)o1. The summed E-state index contributed by atoms with van der Waals surface area (Å²) >= 11 is 1.43. The van der Waals surface area contributed by atoms with Crippen molar-refractivity contribution in [2.24, 2.45) is 0 Å². The number of hydrogen-bond donors (Lipinski definition) is 0. The Balaban J connectivity index is 1.70. The molecule has 0 bridgehead atoms. The zero-order valence-electron chi connectivity index (χ0n) is 13.6. The third-order valence-electron chi connectivity index (χ3n) is 4.41. The van der Waals surface area contributed by atoms with Crippen molar-refractivity contribution < 1.29 is 22.4 Å². The molecular weight excluding hydrogens is 352 g/mol. The molecule has 0 spiro atoms. The Morgan fingerprint density at radius 1 is 1.25 bits per heavy atom. The second-order valence-electron chi connectivity index (χ2n) is 5.89. The van der Waals surface area contributed by atoms with Gasteiger partial charge in [0.2, 0.25) is 10.0 Å². The number of piperidine rings is 1. The number of ether oxygens (including phenoxy) is 1. The lowest BCUT2D eigenvalue weighted by Gasteiger charge is -2.36. The minimum atomic E-state index is -3.41. The predicted molar refractivity (Wildman–Crippen MR) is 90.7 cm³/mol. The summed E-state index contributed by atoms with van der Waals surface area (Å²) in [6.07, 6.45) is 3.13. The lowest BCUT2D eigenvalue weighted by molar-refractivity contribution is 0.0663. The summed E-state index contributed by atoms with van der Waals surface area (Å²) in [5.74, 6) is 0.0287. The number of thioether (sulfide) groups is 1. The lowest BCUT2D eigenvalue weighted by Crippen LogP contribution is -2.51. The van der Waals surface area contributed by atoms with Crippen molar-refractivity contribution in [3.05, 3.63) is 17.9 Å². The molecule has 0 aliphatic carbocycles. The molecule has 3 heterocycles. The van der Waals surface area contributed by atoms with Crippen molar-refractivity contribution in [3.8, 4) is 0 Å². The van der Waals surface area contributed by atoms with Gasteiger partial charge in [-0.1, -0.05) is 11.8 Å². The molecule has 0 aromatic carbocycles. The summed E-state index contributed by atoms with van der Waals surface area (Å²) < 4.78 is 37.8. The van der Waals surface area contributed by atoms with Crippen LogP contribution in [0.2, 0.25) is 0 Å². The standard InChI is InChI=1S/C15H22N2O5S2/c1-23-14-5-4-13(22-14)15(18)16-6-2-3-12(11-16)24(19,20)17-7-9-21-10-8-17/h4-5,12H,2-3,6-11H2,1H3/t12-/m1/s1. The molecule has 134 valence electrons. The largest absolute Gasteiger partial charge is 0.445 e. The van der Waals surface area contributed by atoms with Crippen LogP contribution in [0.3, 0.4) is 0 Å². The van der Waals surface area contributed by atoms with E-state index in [1.54, 1.807) is 17.0 Å². The fraction of sp³-hybridized carbons (Fsp3) is 0.667. The Labute approximate surface area is 146 Å². The van der Waals surface area contributed by atoms with Crippen LogP contribution in [0.4, 0.5) is 0 Å². The number of likely N-dealkylation sites (tertiary alicyclic amines) is 1. The Morgan fingerprint density at radius 2 is 2.00 bits per heavy atom. The number of carbonyl (C=O) groups excluding carboxylic acids is 1. The van der Waals surface area contributed by atoms with Gasteiger partial charge in [-0.15, -0.1) is 0 Å². The molecule has 7 nitrogen and oxygen atoms in total. The zero-order chi connectivity index (χ0) is 17.2. The van der Waals surface area contributed by atoms with Gasteiger partial charge in [0.15, 0.2) is 10.9 Å². The number of hydrogen-bond acceptors (Lipinski definition) is 6. The molecule has 1 aromatic heterocycles. The van der Waals surface area contributed by atoms with Gasteiger partial charge in [0.1, 0.15) is 0 Å². The van der Waals surface area contributed by atoms with E-state index in [4.69, 9.17) is 9.15 Å². The molecule has 2 saturated heterocycles. The highest BCUT2D eigenvalue weighted by molar-refractivity contribution is 7.98. The molecule has 9 heteroatoms. The molecule has 1 atom stereocenters. The van der Waals surface area contributed by atoms with Gasteiger partial charge in [0.25, 0.3) is 5.91 Å².